The van der Waals surface area contributed by atoms with Gasteiger partial charge in [0.05, 0.1) is 6.04 Å². The van der Waals surface area contributed by atoms with Gasteiger partial charge in [-0.2, -0.15) is 0 Å². The Kier molecular flexibility index (Phi) is 8.52. The second kappa shape index (κ2) is 9.00. The van der Waals surface area contributed by atoms with E-state index in [1.54, 1.807) is 0 Å². The van der Waals surface area contributed by atoms with E-state index in [-0.39, 0.29) is 17.4 Å². The number of nitrogens with one attached hydrogen (secondary N) is 1. The Morgan fingerprint density at radius 1 is 1.24 bits per heavy atom. The maximum absolute atomic E-state index is 12.2. The van der Waals surface area contributed by atoms with Gasteiger partial charge in [-0.25, -0.2) is 0 Å². The first-order valence-electron chi connectivity index (χ1n) is 7.64. The van der Waals surface area contributed by atoms with Crippen LogP contribution in [0.25, 0.3) is 0 Å². The summed E-state index contributed by atoms with van der Waals surface area (Å²) in [4.78, 5) is 14.4. The quantitative estimate of drug-likeness (QED) is 0.641. The minimum atomic E-state index is -0.502. The smallest absolute Gasteiger partial charge is 0.237 e. The minimum Gasteiger partial charge on any atom is -0.353 e. The second-order valence-electron chi connectivity index (χ2n) is 6.93. The number of hydrogen-bond donors (Lipinski definition) is 2. The zero-order valence-electron chi connectivity index (χ0n) is 14.4. The molecule has 0 saturated heterocycles. The van der Waals surface area contributed by atoms with Gasteiger partial charge in [-0.15, -0.1) is 13.2 Å². The highest BCUT2D eigenvalue weighted by Crippen LogP contribution is 2.17. The highest BCUT2D eigenvalue weighted by Gasteiger charge is 2.28. The van der Waals surface area contributed by atoms with Crippen LogP contribution in [0.5, 0.6) is 0 Å². The van der Waals surface area contributed by atoms with Crippen molar-refractivity contribution in [2.75, 3.05) is 19.6 Å². The van der Waals surface area contributed by atoms with Crippen molar-refractivity contribution in [1.29, 1.82) is 0 Å². The molecule has 0 heterocycles. The van der Waals surface area contributed by atoms with E-state index in [9.17, 15) is 4.79 Å². The van der Waals surface area contributed by atoms with Crippen molar-refractivity contribution in [3.8, 4) is 0 Å². The van der Waals surface area contributed by atoms with E-state index in [1.165, 1.54) is 0 Å². The Labute approximate surface area is 130 Å². The lowest BCUT2D eigenvalue weighted by Crippen LogP contribution is -2.53. The zero-order chi connectivity index (χ0) is 16.6. The molecule has 3 N–H and O–H groups in total. The Bertz CT molecular complexity index is 334. The molecular formula is C17H33N3O. The summed E-state index contributed by atoms with van der Waals surface area (Å²) in [7, 11) is 0. The first kappa shape index (κ1) is 19.9. The Balaban J connectivity index is 4.75. The molecule has 1 unspecified atom stereocenters. The van der Waals surface area contributed by atoms with Crippen molar-refractivity contribution < 1.29 is 4.79 Å². The van der Waals surface area contributed by atoms with Crippen LogP contribution >= 0.6 is 0 Å². The summed E-state index contributed by atoms with van der Waals surface area (Å²) in [5.74, 6) is 0.321. The summed E-state index contributed by atoms with van der Waals surface area (Å²) in [5, 5.41) is 2.99. The number of carbonyl (C=O) groups excluding carboxylic acids is 1. The number of amides is 1. The van der Waals surface area contributed by atoms with Gasteiger partial charge in [-0.3, -0.25) is 9.69 Å². The Morgan fingerprint density at radius 2 is 1.71 bits per heavy atom. The molecular weight excluding hydrogens is 262 g/mol. The van der Waals surface area contributed by atoms with Gasteiger partial charge in [0.1, 0.15) is 0 Å². The topological polar surface area (TPSA) is 58.4 Å². The van der Waals surface area contributed by atoms with Crippen LogP contribution in [-0.4, -0.2) is 42.5 Å². The lowest BCUT2D eigenvalue weighted by Gasteiger charge is -2.34. The minimum absolute atomic E-state index is 0.0923. The summed E-state index contributed by atoms with van der Waals surface area (Å²) < 4.78 is 0. The fraction of sp³-hybridized carbons (Fsp3) is 0.706. The maximum Gasteiger partial charge on any atom is 0.237 e. The van der Waals surface area contributed by atoms with Crippen LogP contribution < -0.4 is 11.1 Å². The first-order valence-corrected chi connectivity index (χ1v) is 7.64. The van der Waals surface area contributed by atoms with Crippen molar-refractivity contribution in [2.45, 2.75) is 46.7 Å². The average Bonchev–Trinajstić information content (AvgIpc) is 2.36. The second-order valence-corrected chi connectivity index (χ2v) is 6.93. The van der Waals surface area contributed by atoms with E-state index in [0.29, 0.717) is 12.5 Å². The molecule has 21 heavy (non-hydrogen) atoms. The van der Waals surface area contributed by atoms with Gasteiger partial charge >= 0.3 is 0 Å². The number of hydrogen-bond acceptors (Lipinski definition) is 3. The molecule has 0 spiro atoms. The van der Waals surface area contributed by atoms with Gasteiger partial charge in [0.15, 0.2) is 0 Å². The fourth-order valence-electron chi connectivity index (χ4n) is 2.17. The summed E-state index contributed by atoms with van der Waals surface area (Å²) in [6.45, 7) is 19.9. The SMILES string of the molecule is C=CCN(CC=C)C(CNC(=O)[C@@H](N)C(C)(C)C)C(C)C. The van der Waals surface area contributed by atoms with Gasteiger partial charge in [0, 0.05) is 25.7 Å². The fourth-order valence-corrected chi connectivity index (χ4v) is 2.17. The van der Waals surface area contributed by atoms with Crippen LogP contribution in [0.15, 0.2) is 25.3 Å². The van der Waals surface area contributed by atoms with Crippen molar-refractivity contribution in [1.82, 2.24) is 10.2 Å². The third-order valence-electron chi connectivity index (χ3n) is 3.67. The van der Waals surface area contributed by atoms with Gasteiger partial charge < -0.3 is 11.1 Å². The van der Waals surface area contributed by atoms with E-state index < -0.39 is 6.04 Å². The van der Waals surface area contributed by atoms with Crippen LogP contribution in [0.2, 0.25) is 0 Å². The predicted octanol–water partition coefficient (Wildman–Crippen LogP) is 2.17. The summed E-state index contributed by atoms with van der Waals surface area (Å²) in [6.07, 6.45) is 3.75. The third-order valence-corrected chi connectivity index (χ3v) is 3.67. The summed E-state index contributed by atoms with van der Waals surface area (Å²) in [5.41, 5.74) is 5.76. The summed E-state index contributed by atoms with van der Waals surface area (Å²) >= 11 is 0. The monoisotopic (exact) mass is 295 g/mol. The van der Waals surface area contributed by atoms with Crippen LogP contribution in [0.1, 0.15) is 34.6 Å². The van der Waals surface area contributed by atoms with Gasteiger partial charge in [-0.05, 0) is 11.3 Å². The predicted molar refractivity (Wildman–Crippen MR) is 91.0 cm³/mol. The molecule has 122 valence electrons. The van der Waals surface area contributed by atoms with Crippen molar-refractivity contribution >= 4 is 5.91 Å². The molecule has 4 nitrogen and oxygen atoms in total. The van der Waals surface area contributed by atoms with Gasteiger partial charge in [0.2, 0.25) is 5.91 Å². The molecule has 0 aromatic carbocycles. The molecule has 0 bridgehead atoms. The van der Waals surface area contributed by atoms with Crippen molar-refractivity contribution in [3.05, 3.63) is 25.3 Å². The van der Waals surface area contributed by atoms with Crippen LogP contribution in [-0.2, 0) is 4.79 Å². The number of nitrogens with zero attached hydrogens (tertiary/aromatic N) is 1. The molecule has 2 atom stereocenters. The standard InChI is InChI=1S/C17H33N3O/c1-8-10-20(11-9-2)14(13(3)4)12-19-16(21)15(18)17(5,6)7/h8-9,13-15H,1-2,10-12,18H2,3-7H3,(H,19,21)/t14?,15-/m1/s1. The third kappa shape index (κ3) is 6.91. The van der Waals surface area contributed by atoms with E-state index in [4.69, 9.17) is 5.73 Å². The van der Waals surface area contributed by atoms with Crippen molar-refractivity contribution in [3.63, 3.8) is 0 Å². The van der Waals surface area contributed by atoms with E-state index in [2.05, 4.69) is 37.2 Å². The largest absolute Gasteiger partial charge is 0.353 e. The lowest BCUT2D eigenvalue weighted by atomic mass is 9.87. The number of rotatable bonds is 9. The van der Waals surface area contributed by atoms with E-state index in [0.717, 1.165) is 13.1 Å². The highest BCUT2D eigenvalue weighted by atomic mass is 16.2. The lowest BCUT2D eigenvalue weighted by molar-refractivity contribution is -0.124. The molecule has 0 saturated carbocycles. The molecule has 0 aromatic heterocycles. The molecule has 0 radical (unpaired) electrons. The maximum atomic E-state index is 12.2. The summed E-state index contributed by atoms with van der Waals surface area (Å²) in [6, 6.07) is -0.269. The van der Waals surface area contributed by atoms with Crippen LogP contribution in [0.4, 0.5) is 0 Å². The first-order chi connectivity index (χ1) is 9.65. The Hall–Kier alpha value is -1.13. The zero-order valence-corrected chi connectivity index (χ0v) is 14.4. The van der Waals surface area contributed by atoms with Crippen LogP contribution in [0, 0.1) is 11.3 Å². The van der Waals surface area contributed by atoms with Gasteiger partial charge in [-0.1, -0.05) is 46.8 Å². The average molecular weight is 295 g/mol. The Morgan fingerprint density at radius 3 is 2.05 bits per heavy atom. The highest BCUT2D eigenvalue weighted by molar-refractivity contribution is 5.82. The van der Waals surface area contributed by atoms with Gasteiger partial charge in [0.25, 0.3) is 0 Å². The van der Waals surface area contributed by atoms with E-state index >= 15 is 0 Å². The van der Waals surface area contributed by atoms with Crippen molar-refractivity contribution in [2.24, 2.45) is 17.1 Å². The molecule has 0 aliphatic carbocycles. The molecule has 0 aromatic rings. The van der Waals surface area contributed by atoms with Crippen LogP contribution in [0.3, 0.4) is 0 Å². The molecule has 1 amide bonds. The molecule has 4 heteroatoms. The molecule has 0 aliphatic rings. The number of carbonyl (C=O) groups is 1. The molecule has 0 fully saturated rings. The molecule has 0 rings (SSSR count). The van der Waals surface area contributed by atoms with E-state index in [1.807, 2.05) is 32.9 Å². The normalized spacial score (nSPS) is 14.9. The number of nitrogens with two attached hydrogens (primary N) is 1. The molecule has 0 aliphatic heterocycles.